The van der Waals surface area contributed by atoms with E-state index in [1.807, 2.05) is 47.2 Å². The molecule has 1 aliphatic rings. The lowest BCUT2D eigenvalue weighted by Crippen LogP contribution is -2.17. The van der Waals surface area contributed by atoms with Gasteiger partial charge in [0.15, 0.2) is 0 Å². The molecule has 0 radical (unpaired) electrons. The summed E-state index contributed by atoms with van der Waals surface area (Å²) in [5, 5.41) is 2.95. The molecule has 0 bridgehead atoms. The number of hydrogen-bond donors (Lipinski definition) is 1. The fraction of sp³-hybridized carbons (Fsp3) is 0. The number of amides is 2. The van der Waals surface area contributed by atoms with Gasteiger partial charge in [0.2, 0.25) is 0 Å². The minimum absolute atomic E-state index is 0.335. The van der Waals surface area contributed by atoms with Gasteiger partial charge in [0, 0.05) is 27.9 Å². The molecule has 5 nitrogen and oxygen atoms in total. The molecule has 0 aliphatic carbocycles. The first-order valence-corrected chi connectivity index (χ1v) is 8.69. The molecule has 1 saturated heterocycles. The molecule has 1 N–H and O–H groups in total. The zero-order valence-corrected chi connectivity index (χ0v) is 14.6. The molecule has 7 heteroatoms. The molecule has 24 heavy (non-hydrogen) atoms. The summed E-state index contributed by atoms with van der Waals surface area (Å²) in [5.74, 6) is -0.348. The zero-order chi connectivity index (χ0) is 16.7. The number of pyridine rings is 1. The third kappa shape index (κ3) is 2.65. The Bertz CT molecular complexity index is 1010. The first-order chi connectivity index (χ1) is 11.6. The Kier molecular flexibility index (Phi) is 3.74. The molecule has 0 saturated carbocycles. The molecule has 2 amide bonds. The van der Waals surface area contributed by atoms with Crippen molar-refractivity contribution >= 4 is 55.9 Å². The second-order valence-electron chi connectivity index (χ2n) is 5.16. The lowest BCUT2D eigenvalue weighted by molar-refractivity contribution is -0.115. The van der Waals surface area contributed by atoms with E-state index < -0.39 is 0 Å². The third-order valence-electron chi connectivity index (χ3n) is 3.65. The molecular weight excluding hydrogens is 390 g/mol. The van der Waals surface area contributed by atoms with Crippen LogP contribution in [0.4, 0.5) is 4.79 Å². The van der Waals surface area contributed by atoms with Gasteiger partial charge in [-0.1, -0.05) is 12.1 Å². The number of imide groups is 1. The maximum Gasteiger partial charge on any atom is 0.290 e. The van der Waals surface area contributed by atoms with Crippen LogP contribution in [0.2, 0.25) is 0 Å². The van der Waals surface area contributed by atoms with E-state index in [2.05, 4.69) is 26.2 Å². The van der Waals surface area contributed by atoms with Crippen molar-refractivity contribution in [1.29, 1.82) is 0 Å². The van der Waals surface area contributed by atoms with Gasteiger partial charge in [0.05, 0.1) is 4.91 Å². The summed E-state index contributed by atoms with van der Waals surface area (Å²) >= 11 is 4.44. The van der Waals surface area contributed by atoms with Crippen molar-refractivity contribution in [2.45, 2.75) is 0 Å². The van der Waals surface area contributed by atoms with Crippen molar-refractivity contribution in [3.8, 4) is 5.69 Å². The highest BCUT2D eigenvalue weighted by Gasteiger charge is 2.24. The Labute approximate surface area is 149 Å². The van der Waals surface area contributed by atoms with E-state index >= 15 is 0 Å². The smallest absolute Gasteiger partial charge is 0.290 e. The van der Waals surface area contributed by atoms with Crippen molar-refractivity contribution in [3.05, 3.63) is 63.7 Å². The average molecular weight is 400 g/mol. The summed E-state index contributed by atoms with van der Waals surface area (Å²) in [4.78, 5) is 27.6. The number of nitrogens with one attached hydrogen (secondary N) is 1. The van der Waals surface area contributed by atoms with Crippen LogP contribution in [-0.2, 0) is 4.79 Å². The van der Waals surface area contributed by atoms with Gasteiger partial charge in [-0.25, -0.2) is 4.98 Å². The number of carbonyl (C=O) groups excluding carboxylic acids is 2. The summed E-state index contributed by atoms with van der Waals surface area (Å²) in [6.45, 7) is 0. The van der Waals surface area contributed by atoms with Gasteiger partial charge in [0.25, 0.3) is 11.1 Å². The van der Waals surface area contributed by atoms with Crippen LogP contribution >= 0.6 is 27.7 Å². The highest BCUT2D eigenvalue weighted by atomic mass is 79.9. The summed E-state index contributed by atoms with van der Waals surface area (Å²) < 4.78 is 3.00. The molecule has 3 aromatic rings. The van der Waals surface area contributed by atoms with Gasteiger partial charge in [-0.05, 0) is 63.6 Å². The molecular formula is C17H10BrN3O2S. The summed E-state index contributed by atoms with van der Waals surface area (Å²) in [7, 11) is 0. The van der Waals surface area contributed by atoms with E-state index in [9.17, 15) is 9.59 Å². The molecule has 2 aromatic heterocycles. The van der Waals surface area contributed by atoms with Crippen LogP contribution in [0.5, 0.6) is 0 Å². The van der Waals surface area contributed by atoms with Gasteiger partial charge in [-0.15, -0.1) is 0 Å². The van der Waals surface area contributed by atoms with Crippen LogP contribution in [0.15, 0.2) is 58.2 Å². The number of carbonyl (C=O) groups is 2. The number of rotatable bonds is 2. The highest BCUT2D eigenvalue weighted by Crippen LogP contribution is 2.27. The molecule has 0 unspecified atom stereocenters. The van der Waals surface area contributed by atoms with E-state index in [1.54, 1.807) is 12.3 Å². The maximum absolute atomic E-state index is 11.6. The van der Waals surface area contributed by atoms with Gasteiger partial charge >= 0.3 is 0 Å². The van der Waals surface area contributed by atoms with E-state index in [4.69, 9.17) is 0 Å². The number of thioether (sulfide) groups is 1. The third-order valence-corrected chi connectivity index (χ3v) is 5.15. The Balaban J connectivity index is 1.69. The molecule has 4 rings (SSSR count). The first kappa shape index (κ1) is 15.2. The number of benzene rings is 1. The number of halogens is 1. The molecule has 118 valence electrons. The summed E-state index contributed by atoms with van der Waals surface area (Å²) in [6, 6.07) is 11.6. The monoisotopic (exact) mass is 399 g/mol. The summed E-state index contributed by atoms with van der Waals surface area (Å²) in [5.41, 5.74) is 2.70. The molecule has 1 aromatic carbocycles. The molecule has 1 aliphatic heterocycles. The minimum Gasteiger partial charge on any atom is -0.301 e. The van der Waals surface area contributed by atoms with Crippen molar-refractivity contribution in [2.24, 2.45) is 0 Å². The topological polar surface area (TPSA) is 64.0 Å². The van der Waals surface area contributed by atoms with Crippen LogP contribution in [0.25, 0.3) is 22.8 Å². The minimum atomic E-state index is -0.348. The van der Waals surface area contributed by atoms with Crippen LogP contribution in [0.1, 0.15) is 5.56 Å². The second kappa shape index (κ2) is 5.92. The fourth-order valence-electron chi connectivity index (χ4n) is 2.52. The number of aromatic nitrogens is 2. The molecule has 1 fully saturated rings. The first-order valence-electron chi connectivity index (χ1n) is 7.09. The van der Waals surface area contributed by atoms with Gasteiger partial charge in [0.1, 0.15) is 5.65 Å². The molecule has 0 atom stereocenters. The van der Waals surface area contributed by atoms with Crippen LogP contribution in [-0.4, -0.2) is 20.7 Å². The Morgan fingerprint density at radius 3 is 2.62 bits per heavy atom. The van der Waals surface area contributed by atoms with Crippen molar-refractivity contribution < 1.29 is 9.59 Å². The normalized spacial score (nSPS) is 16.1. The fourth-order valence-corrected chi connectivity index (χ4v) is 3.63. The van der Waals surface area contributed by atoms with Crippen LogP contribution in [0, 0.1) is 0 Å². The Hall–Kier alpha value is -2.38. The van der Waals surface area contributed by atoms with E-state index in [0.29, 0.717) is 4.91 Å². The molecule has 0 spiro atoms. The second-order valence-corrected chi connectivity index (χ2v) is 7.03. The van der Waals surface area contributed by atoms with Crippen molar-refractivity contribution in [2.75, 3.05) is 0 Å². The predicted molar refractivity (Wildman–Crippen MR) is 97.9 cm³/mol. The zero-order valence-electron chi connectivity index (χ0n) is 12.2. The van der Waals surface area contributed by atoms with E-state index in [-0.39, 0.29) is 11.1 Å². The number of nitrogens with zero attached hydrogens (tertiary/aromatic N) is 2. The Morgan fingerprint density at radius 2 is 1.92 bits per heavy atom. The largest absolute Gasteiger partial charge is 0.301 e. The van der Waals surface area contributed by atoms with Gasteiger partial charge in [-0.2, -0.15) is 0 Å². The van der Waals surface area contributed by atoms with Gasteiger partial charge < -0.3 is 4.57 Å². The number of fused-ring (bicyclic) bond motifs is 1. The Morgan fingerprint density at radius 1 is 1.12 bits per heavy atom. The summed E-state index contributed by atoms with van der Waals surface area (Å²) in [6.07, 6.45) is 5.43. The molecule has 3 heterocycles. The lowest BCUT2D eigenvalue weighted by Gasteiger charge is -2.05. The van der Waals surface area contributed by atoms with E-state index in [0.717, 1.165) is 38.5 Å². The van der Waals surface area contributed by atoms with Crippen molar-refractivity contribution in [3.63, 3.8) is 0 Å². The quantitative estimate of drug-likeness (QED) is 0.658. The van der Waals surface area contributed by atoms with Gasteiger partial charge in [-0.3, -0.25) is 14.9 Å². The predicted octanol–water partition coefficient (Wildman–Crippen LogP) is 4.11. The number of hydrogen-bond acceptors (Lipinski definition) is 4. The maximum atomic E-state index is 11.6. The van der Waals surface area contributed by atoms with Crippen molar-refractivity contribution in [1.82, 2.24) is 14.9 Å². The average Bonchev–Trinajstić information content (AvgIpc) is 3.13. The standard InChI is InChI=1S/C17H10BrN3O2S/c18-13-5-7-19-15-12(13)6-8-21(15)11-3-1-10(2-4-11)9-14-16(22)20-17(23)24-14/h1-9H,(H,20,22,23)/b14-9+. The van der Waals surface area contributed by atoms with Crippen LogP contribution < -0.4 is 5.32 Å². The SMILES string of the molecule is O=C1NC(=O)/C(=C\c2ccc(-n3ccc4c(Br)ccnc43)cc2)S1. The van der Waals surface area contributed by atoms with Crippen LogP contribution in [0.3, 0.4) is 0 Å². The van der Waals surface area contributed by atoms with E-state index in [1.165, 1.54) is 0 Å². The lowest BCUT2D eigenvalue weighted by atomic mass is 10.2. The highest BCUT2D eigenvalue weighted by molar-refractivity contribution is 9.10.